The van der Waals surface area contributed by atoms with E-state index in [9.17, 15) is 0 Å². The number of hydrogen-bond donors (Lipinski definition) is 0. The fourth-order valence-electron chi connectivity index (χ4n) is 8.36. The normalized spacial score (nSPS) is 10.7. The van der Waals surface area contributed by atoms with Gasteiger partial charge in [0.2, 0.25) is 0 Å². The maximum Gasteiger partial charge on any atom is 2.00 e. The molecule has 0 bridgehead atoms. The molecule has 0 saturated heterocycles. The van der Waals surface area contributed by atoms with Crippen molar-refractivity contribution in [2.75, 3.05) is 0 Å². The Hall–Kier alpha value is -4.28. The van der Waals surface area contributed by atoms with E-state index in [4.69, 9.17) is 11.5 Å². The van der Waals surface area contributed by atoms with Crippen molar-refractivity contribution >= 4 is 35.3 Å². The zero-order valence-corrected chi connectivity index (χ0v) is 35.4. The van der Waals surface area contributed by atoms with Gasteiger partial charge >= 0.3 is 23.9 Å². The summed E-state index contributed by atoms with van der Waals surface area (Å²) < 4.78 is 0. The second-order valence-corrected chi connectivity index (χ2v) is 14.6. The van der Waals surface area contributed by atoms with Gasteiger partial charge in [0.05, 0.1) is 0 Å². The molecule has 0 aliphatic carbocycles. The van der Waals surface area contributed by atoms with Gasteiger partial charge in [-0.1, -0.05) is 107 Å². The van der Waals surface area contributed by atoms with Crippen LogP contribution < -0.4 is 0 Å². The van der Waals surface area contributed by atoms with Gasteiger partial charge in [0, 0.05) is 0 Å². The molecule has 258 valence electrons. The standard InChI is InChI=1S/2C24H26N.Sn/c2*1-14-10-16(3)22(17(4)11-14)20-8-7-9-21(24(20)25)23-18(5)12-15(2)13-19(23)6;/h2*7-13,25H,1-6H3;/q2*-1;+2. The minimum absolute atomic E-state index is 0. The largest absolute Gasteiger partial charge is 2.00 e. The van der Waals surface area contributed by atoms with E-state index in [1.807, 2.05) is 0 Å². The van der Waals surface area contributed by atoms with E-state index in [-0.39, 0.29) is 23.9 Å². The molecule has 0 amide bonds. The van der Waals surface area contributed by atoms with Crippen LogP contribution in [-0.4, -0.2) is 23.9 Å². The van der Waals surface area contributed by atoms with Crippen LogP contribution >= 0.6 is 0 Å². The van der Waals surface area contributed by atoms with Crippen molar-refractivity contribution in [3.63, 3.8) is 0 Å². The molecule has 2 N–H and O–H groups in total. The van der Waals surface area contributed by atoms with Gasteiger partial charge in [-0.25, -0.2) is 0 Å². The van der Waals surface area contributed by atoms with Gasteiger partial charge in [0.15, 0.2) is 0 Å². The predicted octanol–water partition coefficient (Wildman–Crippen LogP) is 14.7. The first kappa shape index (κ1) is 39.5. The molecule has 0 aromatic heterocycles. The number of benzene rings is 6. The number of nitrogens with one attached hydrogen (secondary N) is 2. The van der Waals surface area contributed by atoms with Gasteiger partial charge in [-0.3, -0.25) is 0 Å². The molecule has 0 atom stereocenters. The van der Waals surface area contributed by atoms with Crippen LogP contribution in [0.1, 0.15) is 66.8 Å². The monoisotopic (exact) mass is 776 g/mol. The first-order valence-corrected chi connectivity index (χ1v) is 17.6. The van der Waals surface area contributed by atoms with Crippen molar-refractivity contribution in [2.45, 2.75) is 83.1 Å². The molecule has 6 rings (SSSR count). The van der Waals surface area contributed by atoms with E-state index in [0.717, 1.165) is 22.3 Å². The zero-order valence-electron chi connectivity index (χ0n) is 32.6. The second-order valence-electron chi connectivity index (χ2n) is 14.6. The van der Waals surface area contributed by atoms with Crippen molar-refractivity contribution in [1.82, 2.24) is 0 Å². The Balaban J connectivity index is 0.000000224. The predicted molar refractivity (Wildman–Crippen MR) is 225 cm³/mol. The van der Waals surface area contributed by atoms with E-state index in [2.05, 4.69) is 168 Å². The SMILES string of the molecule is Cc1cc(C)c(-c2cccc(-c3c(C)cc(C)cc3C)c2[NH-])c(C)c1.Cc1cc(C)c(-c2cccc(-c3c(C)cc(C)cc3C)c2[NH-])c(C)c1.[Sn+2]. The summed E-state index contributed by atoms with van der Waals surface area (Å²) in [6, 6.07) is 30.1. The molecule has 6 aromatic rings. The molecule has 6 aromatic carbocycles. The van der Waals surface area contributed by atoms with Crippen LogP contribution in [0.5, 0.6) is 0 Å². The van der Waals surface area contributed by atoms with Gasteiger partial charge < -0.3 is 11.5 Å². The van der Waals surface area contributed by atoms with Crippen molar-refractivity contribution in [1.29, 1.82) is 0 Å². The molecule has 3 heteroatoms. The van der Waals surface area contributed by atoms with Crippen LogP contribution in [0, 0.1) is 83.1 Å². The Bertz CT molecular complexity index is 1850. The molecule has 51 heavy (non-hydrogen) atoms. The molecule has 0 unspecified atom stereocenters. The molecule has 0 fully saturated rings. The third-order valence-electron chi connectivity index (χ3n) is 9.91. The summed E-state index contributed by atoms with van der Waals surface area (Å²) in [4.78, 5) is 0. The molecule has 0 aliphatic heterocycles. The summed E-state index contributed by atoms with van der Waals surface area (Å²) in [7, 11) is 0. The first-order chi connectivity index (χ1) is 23.6. The maximum absolute atomic E-state index is 8.92. The van der Waals surface area contributed by atoms with Crippen LogP contribution in [-0.2, 0) is 0 Å². The fourth-order valence-corrected chi connectivity index (χ4v) is 8.36. The molecule has 0 saturated carbocycles. The molecule has 2 nitrogen and oxygen atoms in total. The third-order valence-corrected chi connectivity index (χ3v) is 9.91. The van der Waals surface area contributed by atoms with Gasteiger partial charge in [-0.2, -0.15) is 0 Å². The van der Waals surface area contributed by atoms with Gasteiger partial charge in [0.25, 0.3) is 0 Å². The Kier molecular flexibility index (Phi) is 12.4. The molecular weight excluding hydrogens is 723 g/mol. The summed E-state index contributed by atoms with van der Waals surface area (Å²) in [5.41, 5.74) is 42.9. The van der Waals surface area contributed by atoms with Crippen LogP contribution in [0.15, 0.2) is 84.9 Å². The Morgan fingerprint density at radius 1 is 0.294 bits per heavy atom. The van der Waals surface area contributed by atoms with Crippen molar-refractivity contribution in [2.24, 2.45) is 0 Å². The molecule has 0 spiro atoms. The van der Waals surface area contributed by atoms with Crippen LogP contribution in [0.25, 0.3) is 56.0 Å². The van der Waals surface area contributed by atoms with E-state index in [0.29, 0.717) is 11.4 Å². The topological polar surface area (TPSA) is 47.6 Å². The fraction of sp³-hybridized carbons (Fsp3) is 0.250. The smallest absolute Gasteiger partial charge is 0.698 e. The summed E-state index contributed by atoms with van der Waals surface area (Å²) in [5.74, 6) is 0. The van der Waals surface area contributed by atoms with Crippen molar-refractivity contribution < 1.29 is 0 Å². The summed E-state index contributed by atoms with van der Waals surface area (Å²) in [5, 5.41) is 0. The van der Waals surface area contributed by atoms with Crippen LogP contribution in [0.3, 0.4) is 0 Å². The van der Waals surface area contributed by atoms with Crippen molar-refractivity contribution in [3.8, 4) is 44.5 Å². The van der Waals surface area contributed by atoms with Crippen LogP contribution in [0.4, 0.5) is 11.4 Å². The minimum Gasteiger partial charge on any atom is -0.698 e. The van der Waals surface area contributed by atoms with E-state index in [1.165, 1.54) is 89.0 Å². The third kappa shape index (κ3) is 8.12. The number of hydrogen-bond acceptors (Lipinski definition) is 0. The van der Waals surface area contributed by atoms with Crippen LogP contribution in [0.2, 0.25) is 0 Å². The van der Waals surface area contributed by atoms with Gasteiger partial charge in [0.1, 0.15) is 0 Å². The minimum atomic E-state index is 0. The first-order valence-electron chi connectivity index (χ1n) is 17.6. The Morgan fingerprint density at radius 3 is 0.608 bits per heavy atom. The number of rotatable bonds is 4. The summed E-state index contributed by atoms with van der Waals surface area (Å²) >= 11 is 0. The number of aryl methyl sites for hydroxylation is 12. The van der Waals surface area contributed by atoms with E-state index >= 15 is 0 Å². The maximum atomic E-state index is 8.92. The molecule has 2 radical (unpaired) electrons. The Morgan fingerprint density at radius 2 is 0.451 bits per heavy atom. The zero-order chi connectivity index (χ0) is 36.6. The molecule has 0 heterocycles. The quantitative estimate of drug-likeness (QED) is 0.160. The average molecular weight is 776 g/mol. The average Bonchev–Trinajstić information content (AvgIpc) is 2.99. The molecule has 0 aliphatic rings. The van der Waals surface area contributed by atoms with Gasteiger partial charge in [-0.15, -0.1) is 11.4 Å². The van der Waals surface area contributed by atoms with Gasteiger partial charge in [-0.05, 0) is 172 Å². The Labute approximate surface area is 324 Å². The van der Waals surface area contributed by atoms with Crippen molar-refractivity contribution in [3.05, 3.63) is 163 Å². The summed E-state index contributed by atoms with van der Waals surface area (Å²) in [6.45, 7) is 25.6. The molecular formula is C48H52N2Sn. The second kappa shape index (κ2) is 15.9. The summed E-state index contributed by atoms with van der Waals surface area (Å²) in [6.07, 6.45) is 0. The van der Waals surface area contributed by atoms with E-state index in [1.54, 1.807) is 0 Å². The van der Waals surface area contributed by atoms with E-state index < -0.39 is 0 Å².